The van der Waals surface area contributed by atoms with Gasteiger partial charge in [-0.2, -0.15) is 0 Å². The molecule has 7 nitrogen and oxygen atoms in total. The lowest BCUT2D eigenvalue weighted by atomic mass is 9.84. The lowest BCUT2D eigenvalue weighted by Gasteiger charge is -2.30. The second kappa shape index (κ2) is 41.8. The first-order chi connectivity index (χ1) is 68.5. The molecule has 0 spiro atoms. The van der Waals surface area contributed by atoms with Crippen LogP contribution in [0.5, 0.6) is 0 Å². The lowest BCUT2D eigenvalue weighted by molar-refractivity contribution is 0.978. The molecule has 0 aliphatic rings. The number of nitrogens with zero attached hydrogens (tertiary/aromatic N) is 7. The fourth-order valence-electron chi connectivity index (χ4n) is 18.7. The molecule has 0 fully saturated rings. The second-order valence-electron chi connectivity index (χ2n) is 35.4. The zero-order valence-corrected chi connectivity index (χ0v) is 78.7. The summed E-state index contributed by atoms with van der Waals surface area (Å²) in [6, 6.07) is 199. The lowest BCUT2D eigenvalue weighted by Crippen LogP contribution is -2.14. The van der Waals surface area contributed by atoms with E-state index in [4.69, 9.17) is 0 Å². The van der Waals surface area contributed by atoms with Crippen molar-refractivity contribution in [1.82, 2.24) is 0 Å². The fraction of sp³-hybridized carbons (Fsp3) is 0.0455. The van der Waals surface area contributed by atoms with E-state index in [1.165, 1.54) is 72.3 Å². The fourth-order valence-corrected chi connectivity index (χ4v) is 18.7. The third-order valence-electron chi connectivity index (χ3n) is 25.7. The van der Waals surface area contributed by atoms with Crippen molar-refractivity contribution in [2.45, 2.75) is 40.5 Å². The average Bonchev–Trinajstić information content (AvgIpc) is 0.772. The van der Waals surface area contributed by atoms with Crippen LogP contribution >= 0.6 is 0 Å². The summed E-state index contributed by atoms with van der Waals surface area (Å²) in [5, 5.41) is 0. The summed E-state index contributed by atoms with van der Waals surface area (Å²) in [5.41, 5.74) is 40.1. The molecule has 21 aromatic carbocycles. The molecule has 7 heteroatoms. The number of para-hydroxylation sites is 6. The molecule has 0 aliphatic heterocycles. The summed E-state index contributed by atoms with van der Waals surface area (Å²) in [7, 11) is 0. The average molecular weight is 1790 g/mol. The van der Waals surface area contributed by atoms with Gasteiger partial charge in [0.15, 0.2) is 0 Å². The Kier molecular flexibility index (Phi) is 26.8. The summed E-state index contributed by atoms with van der Waals surface area (Å²) in [6.45, 7) is 10.7. The normalized spacial score (nSPS) is 11.2. The highest BCUT2D eigenvalue weighted by Crippen LogP contribution is 2.47. The summed E-state index contributed by atoms with van der Waals surface area (Å²) >= 11 is 0. The molecule has 0 aliphatic carbocycles. The number of rotatable bonds is 27. The van der Waals surface area contributed by atoms with E-state index in [2.05, 4.69) is 621 Å². The van der Waals surface area contributed by atoms with E-state index in [1.54, 1.807) is 0 Å². The van der Waals surface area contributed by atoms with Crippen LogP contribution in [0.25, 0.3) is 33.4 Å². The van der Waals surface area contributed by atoms with Crippen LogP contribution in [0.2, 0.25) is 0 Å². The number of hydrogen-bond acceptors (Lipinski definition) is 7. The van der Waals surface area contributed by atoms with Gasteiger partial charge in [0.05, 0.1) is 0 Å². The van der Waals surface area contributed by atoms with Crippen LogP contribution in [0.15, 0.2) is 552 Å². The minimum absolute atomic E-state index is 0.0762. The summed E-state index contributed by atoms with van der Waals surface area (Å²) in [5.74, 6) is 0.0762. The smallest absolute Gasteiger partial charge is 0.0464 e. The number of benzene rings is 21. The van der Waals surface area contributed by atoms with Crippen LogP contribution in [-0.2, 0) is 0 Å². The highest BCUT2D eigenvalue weighted by atomic mass is 15.2. The van der Waals surface area contributed by atoms with Crippen molar-refractivity contribution in [1.29, 1.82) is 0 Å². The first-order valence-corrected chi connectivity index (χ1v) is 47.7. The van der Waals surface area contributed by atoms with E-state index in [1.807, 2.05) is 0 Å². The Balaban J connectivity index is 0.000000176. The first-order valence-electron chi connectivity index (χ1n) is 47.7. The first kappa shape index (κ1) is 89.1. The predicted octanol–water partition coefficient (Wildman–Crippen LogP) is 37.4. The zero-order valence-electron chi connectivity index (χ0n) is 78.7. The molecule has 0 heterocycles. The van der Waals surface area contributed by atoms with Crippen molar-refractivity contribution < 1.29 is 0 Å². The minimum Gasteiger partial charge on any atom is -0.311 e. The van der Waals surface area contributed by atoms with Crippen molar-refractivity contribution in [3.05, 3.63) is 597 Å². The quantitative estimate of drug-likeness (QED) is 0.0473. The van der Waals surface area contributed by atoms with Gasteiger partial charge in [-0.1, -0.05) is 308 Å². The molecule has 1 atom stereocenters. The second-order valence-corrected chi connectivity index (χ2v) is 35.4. The SMILES string of the molecule is Cc1ccc(N(c2ccccc2)c2ccc(-c3ccc(C(c4ccccc4)c4ccc(-c5ccc(N(c6ccccc6)c6ccc(-c7ccc(N(c8ccccc8)c8ccc(C)cc8)cc7)cc6)cc5)cc4)cc3)cc2)cc1.Cc1cccc(N(c2ccccc2)c2ccc(N(c3ccc(N(c4ccccc4)c4cccc(C)c4)cc3)c3ccc(N(c4ccccc4)c4cccc(C)c4)cc3)cc2)c1. The molecule has 0 amide bonds. The molecule has 1 unspecified atom stereocenters. The predicted molar refractivity (Wildman–Crippen MR) is 589 cm³/mol. The third kappa shape index (κ3) is 20.5. The van der Waals surface area contributed by atoms with Gasteiger partial charge in [0.2, 0.25) is 0 Å². The highest BCUT2D eigenvalue weighted by molar-refractivity contribution is 5.89. The largest absolute Gasteiger partial charge is 0.311 e. The molecular formula is C132H107N7. The van der Waals surface area contributed by atoms with E-state index >= 15 is 0 Å². The van der Waals surface area contributed by atoms with Crippen LogP contribution in [0.1, 0.15) is 50.4 Å². The molecule has 21 rings (SSSR count). The number of aryl methyl sites for hydroxylation is 5. The molecule has 0 saturated carbocycles. The molecule has 21 aromatic rings. The van der Waals surface area contributed by atoms with Crippen molar-refractivity contribution in [2.75, 3.05) is 34.3 Å². The Morgan fingerprint density at radius 3 is 0.432 bits per heavy atom. The van der Waals surface area contributed by atoms with Crippen LogP contribution < -0.4 is 34.3 Å². The zero-order chi connectivity index (χ0) is 94.2. The molecule has 139 heavy (non-hydrogen) atoms. The van der Waals surface area contributed by atoms with Crippen LogP contribution in [0.3, 0.4) is 0 Å². The third-order valence-corrected chi connectivity index (χ3v) is 25.7. The van der Waals surface area contributed by atoms with Gasteiger partial charge in [0.25, 0.3) is 0 Å². The Bertz CT molecular complexity index is 6980. The summed E-state index contributed by atoms with van der Waals surface area (Å²) in [6.07, 6.45) is 0. The maximum Gasteiger partial charge on any atom is 0.0464 e. The summed E-state index contributed by atoms with van der Waals surface area (Å²) in [4.78, 5) is 16.2. The van der Waals surface area contributed by atoms with E-state index in [9.17, 15) is 0 Å². The van der Waals surface area contributed by atoms with Gasteiger partial charge in [-0.3, -0.25) is 0 Å². The van der Waals surface area contributed by atoms with Gasteiger partial charge in [0, 0.05) is 125 Å². The monoisotopic (exact) mass is 1790 g/mol. The van der Waals surface area contributed by atoms with E-state index in [0.717, 1.165) is 125 Å². The van der Waals surface area contributed by atoms with Gasteiger partial charge >= 0.3 is 0 Å². The van der Waals surface area contributed by atoms with Gasteiger partial charge < -0.3 is 34.3 Å². The molecule has 0 aromatic heterocycles. The van der Waals surface area contributed by atoms with E-state index < -0.39 is 0 Å². The Morgan fingerprint density at radius 2 is 0.245 bits per heavy atom. The van der Waals surface area contributed by atoms with Crippen molar-refractivity contribution in [3.8, 4) is 33.4 Å². The topological polar surface area (TPSA) is 22.7 Å². The summed E-state index contributed by atoms with van der Waals surface area (Å²) < 4.78 is 0. The molecular weight excluding hydrogens is 1680 g/mol. The molecule has 0 N–H and O–H groups in total. The van der Waals surface area contributed by atoms with E-state index in [0.29, 0.717) is 0 Å². The van der Waals surface area contributed by atoms with Gasteiger partial charge in [-0.05, 0) is 356 Å². The number of anilines is 21. The molecule has 0 radical (unpaired) electrons. The van der Waals surface area contributed by atoms with E-state index in [-0.39, 0.29) is 5.92 Å². The maximum atomic E-state index is 2.34. The van der Waals surface area contributed by atoms with Gasteiger partial charge in [-0.15, -0.1) is 0 Å². The van der Waals surface area contributed by atoms with Gasteiger partial charge in [-0.25, -0.2) is 0 Å². The standard InChI is InChI=1S/C75H59N3.C57H48N4/c1-55-23-43-69(44-24-55)76(66-17-9-4-10-18-66)71-47-35-59(36-48-71)57-27-31-64(32-28-57)75(63-15-7-3-8-16-63)65-33-29-58(30-34-65)60-37-49-73(50-38-60)78(68-21-13-6-14-22-68)74-53-41-62(42-54-74)61-39-51-72(52-40-61)77(67-19-11-5-12-20-67)70-45-25-56(2)26-46-70;1-43-16-13-25-55(40-43)59(46-19-7-4-8-20-46)52-34-28-49(29-35-52)58(50-30-36-53(37-31-50)60(47-21-9-5-10-22-47)56-26-14-17-44(2)41-56)51-32-38-54(39-33-51)61(48-23-11-6-12-24-48)57-27-15-18-45(3)42-57/h3-54,75H,1-2H3;4-42H,1-3H3. The van der Waals surface area contributed by atoms with Crippen molar-refractivity contribution in [3.63, 3.8) is 0 Å². The van der Waals surface area contributed by atoms with Gasteiger partial charge in [0.1, 0.15) is 0 Å². The van der Waals surface area contributed by atoms with Crippen molar-refractivity contribution in [2.24, 2.45) is 0 Å². The van der Waals surface area contributed by atoms with Crippen LogP contribution in [0.4, 0.5) is 119 Å². The molecule has 670 valence electrons. The molecule has 0 bridgehead atoms. The maximum absolute atomic E-state index is 2.34. The van der Waals surface area contributed by atoms with Crippen LogP contribution in [0, 0.1) is 34.6 Å². The Morgan fingerprint density at radius 1 is 0.108 bits per heavy atom. The number of hydrogen-bond donors (Lipinski definition) is 0. The minimum atomic E-state index is 0.0762. The van der Waals surface area contributed by atoms with Crippen LogP contribution in [-0.4, -0.2) is 0 Å². The molecule has 0 saturated heterocycles. The Labute approximate surface area is 818 Å². The Hall–Kier alpha value is -17.8. The highest BCUT2D eigenvalue weighted by Gasteiger charge is 2.25. The van der Waals surface area contributed by atoms with Crippen molar-refractivity contribution >= 4 is 119 Å².